The molecule has 0 saturated heterocycles. The molecule has 27 heavy (non-hydrogen) atoms. The summed E-state index contributed by atoms with van der Waals surface area (Å²) in [5, 5.41) is 3.53. The molecule has 1 fully saturated rings. The molecule has 0 radical (unpaired) electrons. The van der Waals surface area contributed by atoms with Gasteiger partial charge in [0.25, 0.3) is 11.8 Å². The van der Waals surface area contributed by atoms with Crippen LogP contribution in [0.1, 0.15) is 33.6 Å². The van der Waals surface area contributed by atoms with Crippen LogP contribution >= 0.6 is 11.3 Å². The highest BCUT2D eigenvalue weighted by Gasteiger charge is 2.46. The fourth-order valence-electron chi connectivity index (χ4n) is 3.33. The summed E-state index contributed by atoms with van der Waals surface area (Å²) in [4.78, 5) is 13.5. The van der Waals surface area contributed by atoms with Crippen LogP contribution in [0, 0.1) is 6.92 Å². The number of carbonyl (C=O) groups is 1. The van der Waals surface area contributed by atoms with Crippen molar-refractivity contribution in [1.82, 2.24) is 5.32 Å². The summed E-state index contributed by atoms with van der Waals surface area (Å²) in [5.41, 5.74) is 1.61. The molecule has 140 valence electrons. The van der Waals surface area contributed by atoms with Crippen molar-refractivity contribution in [3.05, 3.63) is 64.5 Å². The molecule has 3 aromatic rings. The number of carbonyl (C=O) groups excluding carboxylic acids is 1. The Labute approximate surface area is 160 Å². The van der Waals surface area contributed by atoms with Crippen molar-refractivity contribution in [3.63, 3.8) is 0 Å². The molecule has 0 aliphatic heterocycles. The van der Waals surface area contributed by atoms with Crippen LogP contribution in [0.25, 0.3) is 10.1 Å². The zero-order valence-corrected chi connectivity index (χ0v) is 15.6. The van der Waals surface area contributed by atoms with E-state index in [0.717, 1.165) is 20.5 Å². The lowest BCUT2D eigenvalue weighted by Crippen LogP contribution is -2.50. The Kier molecular flexibility index (Phi) is 4.60. The van der Waals surface area contributed by atoms with Gasteiger partial charge in [0.2, 0.25) is 0 Å². The Morgan fingerprint density at radius 3 is 2.67 bits per heavy atom. The van der Waals surface area contributed by atoms with Gasteiger partial charge in [-0.2, -0.15) is 0 Å². The Bertz CT molecular complexity index is 977. The monoisotopic (exact) mass is 387 g/mol. The first kappa shape index (κ1) is 17.9. The van der Waals surface area contributed by atoms with Gasteiger partial charge >= 0.3 is 0 Å². The van der Waals surface area contributed by atoms with E-state index in [1.807, 2.05) is 55.5 Å². The first-order valence-electron chi connectivity index (χ1n) is 8.80. The first-order valence-corrected chi connectivity index (χ1v) is 9.61. The van der Waals surface area contributed by atoms with Crippen molar-refractivity contribution in [2.24, 2.45) is 0 Å². The second-order valence-electron chi connectivity index (χ2n) is 6.90. The quantitative estimate of drug-likeness (QED) is 0.644. The van der Waals surface area contributed by atoms with Crippen LogP contribution in [0.2, 0.25) is 0 Å². The molecule has 1 aromatic heterocycles. The highest BCUT2D eigenvalue weighted by molar-refractivity contribution is 7.19. The number of hydrogen-bond acceptors (Lipinski definition) is 3. The van der Waals surface area contributed by atoms with Crippen LogP contribution in [0.15, 0.2) is 48.5 Å². The lowest BCUT2D eigenvalue weighted by Gasteiger charge is -2.35. The van der Waals surface area contributed by atoms with E-state index in [1.165, 1.54) is 11.3 Å². The predicted octanol–water partition coefficient (Wildman–Crippen LogP) is 5.32. The zero-order valence-electron chi connectivity index (χ0n) is 14.8. The highest BCUT2D eigenvalue weighted by atomic mass is 32.1. The van der Waals surface area contributed by atoms with Gasteiger partial charge in [0.1, 0.15) is 12.4 Å². The molecule has 3 nitrogen and oxygen atoms in total. The van der Waals surface area contributed by atoms with Crippen LogP contribution in [-0.4, -0.2) is 17.9 Å². The lowest BCUT2D eigenvalue weighted by molar-refractivity contribution is -0.0901. The second kappa shape index (κ2) is 6.93. The number of fused-ring (bicyclic) bond motifs is 1. The summed E-state index contributed by atoms with van der Waals surface area (Å²) in [6.07, 6.45) is -0.573. The molecule has 1 amide bonds. The van der Waals surface area contributed by atoms with Crippen LogP contribution in [0.3, 0.4) is 0 Å². The number of aryl methyl sites for hydroxylation is 1. The van der Waals surface area contributed by atoms with Crippen molar-refractivity contribution >= 4 is 27.3 Å². The van der Waals surface area contributed by atoms with E-state index >= 15 is 0 Å². The maximum atomic E-state index is 13.0. The Morgan fingerprint density at radius 1 is 1.22 bits per heavy atom. The van der Waals surface area contributed by atoms with Crippen molar-refractivity contribution in [3.8, 4) is 5.75 Å². The number of benzene rings is 2. The number of alkyl halides is 2. The predicted molar refractivity (Wildman–Crippen MR) is 103 cm³/mol. The number of amides is 1. The third-order valence-electron chi connectivity index (χ3n) is 4.74. The number of hydrogen-bond donors (Lipinski definition) is 1. The summed E-state index contributed by atoms with van der Waals surface area (Å²) < 4.78 is 32.9. The molecular formula is C21H19F2NO2S. The second-order valence-corrected chi connectivity index (χ2v) is 8.16. The minimum Gasteiger partial charge on any atom is -0.489 e. The average molecular weight is 387 g/mol. The van der Waals surface area contributed by atoms with Crippen LogP contribution < -0.4 is 10.1 Å². The maximum Gasteiger partial charge on any atom is 0.253 e. The Morgan fingerprint density at radius 2 is 1.96 bits per heavy atom. The average Bonchev–Trinajstić information content (AvgIpc) is 2.94. The van der Waals surface area contributed by atoms with Gasteiger partial charge in [-0.1, -0.05) is 30.3 Å². The number of nitrogens with one attached hydrogen (secondary N) is 1. The molecule has 1 saturated carbocycles. The van der Waals surface area contributed by atoms with Gasteiger partial charge in [-0.3, -0.25) is 4.79 Å². The van der Waals surface area contributed by atoms with Gasteiger partial charge < -0.3 is 10.1 Å². The molecule has 1 N–H and O–H groups in total. The van der Waals surface area contributed by atoms with Gasteiger partial charge in [-0.15, -0.1) is 11.3 Å². The first-order chi connectivity index (χ1) is 12.9. The summed E-state index contributed by atoms with van der Waals surface area (Å²) in [7, 11) is 0. The van der Waals surface area contributed by atoms with E-state index in [-0.39, 0.29) is 18.7 Å². The minimum atomic E-state index is -2.65. The normalized spacial score (nSPS) is 16.1. The largest absolute Gasteiger partial charge is 0.489 e. The number of rotatable bonds is 5. The molecule has 1 aliphatic carbocycles. The molecule has 4 rings (SSSR count). The Balaban J connectivity index is 1.53. The summed E-state index contributed by atoms with van der Waals surface area (Å²) >= 11 is 1.52. The van der Waals surface area contributed by atoms with E-state index in [2.05, 4.69) is 5.32 Å². The van der Waals surface area contributed by atoms with E-state index in [4.69, 9.17) is 4.74 Å². The summed E-state index contributed by atoms with van der Waals surface area (Å²) in [5.74, 6) is -2.27. The summed E-state index contributed by atoms with van der Waals surface area (Å²) in [6, 6.07) is 15.0. The molecule has 1 heterocycles. The molecule has 2 aromatic carbocycles. The van der Waals surface area contributed by atoms with E-state index < -0.39 is 12.0 Å². The SMILES string of the molecule is Cc1sc2ccc(OCc3ccccc3)cc2c1C(=O)NC1CC(F)(F)C1. The lowest BCUT2D eigenvalue weighted by atomic mass is 9.88. The number of thiophene rings is 1. The van der Waals surface area contributed by atoms with Crippen molar-refractivity contribution < 1.29 is 18.3 Å². The van der Waals surface area contributed by atoms with Crippen molar-refractivity contribution in [1.29, 1.82) is 0 Å². The van der Waals surface area contributed by atoms with Gasteiger partial charge in [0.05, 0.1) is 5.56 Å². The fraction of sp³-hybridized carbons (Fsp3) is 0.286. The molecular weight excluding hydrogens is 368 g/mol. The van der Waals surface area contributed by atoms with Gasteiger partial charge in [-0.05, 0) is 30.7 Å². The molecule has 0 spiro atoms. The van der Waals surface area contributed by atoms with Crippen LogP contribution in [0.5, 0.6) is 5.75 Å². The van der Waals surface area contributed by atoms with Gasteiger partial charge in [0, 0.05) is 33.8 Å². The van der Waals surface area contributed by atoms with Crippen molar-refractivity contribution in [2.45, 2.75) is 38.3 Å². The van der Waals surface area contributed by atoms with E-state index in [1.54, 1.807) is 0 Å². The topological polar surface area (TPSA) is 38.3 Å². The highest BCUT2D eigenvalue weighted by Crippen LogP contribution is 2.38. The third-order valence-corrected chi connectivity index (χ3v) is 5.82. The summed E-state index contributed by atoms with van der Waals surface area (Å²) in [6.45, 7) is 2.31. The van der Waals surface area contributed by atoms with Crippen LogP contribution in [-0.2, 0) is 6.61 Å². The molecule has 6 heteroatoms. The van der Waals surface area contributed by atoms with Crippen molar-refractivity contribution in [2.75, 3.05) is 0 Å². The third kappa shape index (κ3) is 3.81. The number of ether oxygens (including phenoxy) is 1. The van der Waals surface area contributed by atoms with Gasteiger partial charge in [0.15, 0.2) is 0 Å². The number of halogens is 2. The van der Waals surface area contributed by atoms with Gasteiger partial charge in [-0.25, -0.2) is 8.78 Å². The smallest absolute Gasteiger partial charge is 0.253 e. The molecule has 0 atom stereocenters. The standard InChI is InChI=1S/C21H19F2NO2S/c1-13-19(20(25)24-15-10-21(22,23)11-15)17-9-16(7-8-18(17)27-13)26-12-14-5-3-2-4-6-14/h2-9,15H,10-12H2,1H3,(H,24,25). The maximum absolute atomic E-state index is 13.0. The molecule has 0 unspecified atom stereocenters. The zero-order chi connectivity index (χ0) is 19.0. The minimum absolute atomic E-state index is 0.286. The Hall–Kier alpha value is -2.47. The van der Waals surface area contributed by atoms with Crippen LogP contribution in [0.4, 0.5) is 8.78 Å². The van der Waals surface area contributed by atoms with E-state index in [0.29, 0.717) is 17.9 Å². The fourth-order valence-corrected chi connectivity index (χ4v) is 4.37. The van der Waals surface area contributed by atoms with E-state index in [9.17, 15) is 13.6 Å². The molecule has 0 bridgehead atoms. The molecule has 1 aliphatic rings.